The van der Waals surface area contributed by atoms with Gasteiger partial charge in [-0.3, -0.25) is 19.2 Å². The van der Waals surface area contributed by atoms with E-state index in [0.717, 1.165) is 29.2 Å². The summed E-state index contributed by atoms with van der Waals surface area (Å²) in [7, 11) is 1.56. The summed E-state index contributed by atoms with van der Waals surface area (Å²) in [6.45, 7) is 3.47. The number of hydrogen-bond donors (Lipinski definition) is 3. The van der Waals surface area contributed by atoms with E-state index in [9.17, 15) is 23.6 Å². The van der Waals surface area contributed by atoms with Crippen molar-refractivity contribution in [3.63, 3.8) is 0 Å². The lowest BCUT2D eigenvalue weighted by Gasteiger charge is -2.44. The highest BCUT2D eigenvalue weighted by Gasteiger charge is 2.45. The maximum atomic E-state index is 14.3. The highest BCUT2D eigenvalue weighted by molar-refractivity contribution is 5.96. The van der Waals surface area contributed by atoms with E-state index >= 15 is 0 Å². The van der Waals surface area contributed by atoms with Crippen molar-refractivity contribution < 1.29 is 23.6 Å². The number of hydrogen-bond acceptors (Lipinski definition) is 5. The van der Waals surface area contributed by atoms with Crippen molar-refractivity contribution in [2.45, 2.75) is 69.6 Å². The summed E-state index contributed by atoms with van der Waals surface area (Å²) >= 11 is 0. The van der Waals surface area contributed by atoms with Gasteiger partial charge in [-0.15, -0.1) is 0 Å². The second kappa shape index (κ2) is 13.4. The van der Waals surface area contributed by atoms with Gasteiger partial charge in [0, 0.05) is 33.0 Å². The third-order valence-corrected chi connectivity index (χ3v) is 8.77. The lowest BCUT2D eigenvalue weighted by atomic mass is 9.96. The average molecular weight is 616 g/mol. The Balaban J connectivity index is 1.41. The van der Waals surface area contributed by atoms with Crippen molar-refractivity contribution in [3.05, 3.63) is 83.7 Å². The molecule has 5 rings (SSSR count). The number of carbonyl (C=O) groups is 4. The number of halogens is 1. The van der Waals surface area contributed by atoms with Crippen molar-refractivity contribution >= 4 is 34.4 Å². The van der Waals surface area contributed by atoms with Gasteiger partial charge in [0.25, 0.3) is 0 Å². The van der Waals surface area contributed by atoms with Crippen molar-refractivity contribution in [2.75, 3.05) is 20.1 Å². The molecule has 1 saturated carbocycles. The molecule has 0 aromatic heterocycles. The highest BCUT2D eigenvalue weighted by atomic mass is 19.1. The molecule has 0 spiro atoms. The molecule has 238 valence electrons. The smallest absolute Gasteiger partial charge is 0.246 e. The van der Waals surface area contributed by atoms with Gasteiger partial charge in [-0.25, -0.2) is 4.39 Å². The van der Waals surface area contributed by atoms with Crippen LogP contribution in [0, 0.1) is 11.7 Å². The largest absolute Gasteiger partial charge is 0.357 e. The molecular formula is C35H42FN5O4. The molecule has 9 nitrogen and oxygen atoms in total. The Bertz CT molecular complexity index is 1570. The first-order chi connectivity index (χ1) is 21.4. The number of carbonyl (C=O) groups excluding carboxylic acids is 4. The van der Waals surface area contributed by atoms with Gasteiger partial charge in [-0.2, -0.15) is 0 Å². The van der Waals surface area contributed by atoms with E-state index in [2.05, 4.69) is 10.6 Å². The number of nitrogens with two attached hydrogens (primary N) is 1. The van der Waals surface area contributed by atoms with Gasteiger partial charge in [0.2, 0.25) is 23.6 Å². The normalized spacial score (nSPS) is 18.4. The average Bonchev–Trinajstić information content (AvgIpc) is 3.84. The van der Waals surface area contributed by atoms with Crippen molar-refractivity contribution in [1.29, 1.82) is 0 Å². The van der Waals surface area contributed by atoms with Crippen LogP contribution in [0.15, 0.2) is 66.7 Å². The van der Waals surface area contributed by atoms with Crippen LogP contribution in [-0.2, 0) is 32.0 Å². The number of likely N-dealkylation sites (N-methyl/N-ethyl adjacent to an activating group) is 1. The van der Waals surface area contributed by atoms with Crippen LogP contribution in [0.4, 0.5) is 4.39 Å². The van der Waals surface area contributed by atoms with Gasteiger partial charge in [0.05, 0.1) is 5.54 Å². The molecule has 1 aliphatic carbocycles. The van der Waals surface area contributed by atoms with E-state index in [1.807, 2.05) is 42.5 Å². The third kappa shape index (κ3) is 7.68. The maximum Gasteiger partial charge on any atom is 0.246 e. The van der Waals surface area contributed by atoms with E-state index in [-0.39, 0.29) is 31.3 Å². The number of benzene rings is 3. The molecule has 2 fully saturated rings. The predicted molar refractivity (Wildman–Crippen MR) is 170 cm³/mol. The zero-order valence-electron chi connectivity index (χ0n) is 26.1. The van der Waals surface area contributed by atoms with Crippen LogP contribution in [0.25, 0.3) is 10.8 Å². The molecule has 45 heavy (non-hydrogen) atoms. The minimum absolute atomic E-state index is 0.105. The van der Waals surface area contributed by atoms with Crippen LogP contribution in [-0.4, -0.2) is 77.2 Å². The molecule has 1 aliphatic heterocycles. The summed E-state index contributed by atoms with van der Waals surface area (Å²) in [6, 6.07) is 17.2. The molecule has 0 radical (unpaired) electrons. The molecule has 1 heterocycles. The Kier molecular flexibility index (Phi) is 9.53. The Hall–Kier alpha value is -4.31. The zero-order chi connectivity index (χ0) is 32.3. The van der Waals surface area contributed by atoms with E-state index < -0.39 is 41.3 Å². The standard InChI is InChI=1S/C35H42FN5O4/c1-35(2,37)34(45)39-28(19-22-11-14-27(36)15-12-22)32(43)41-17-16-40(33(44)30(41)20-23-8-9-23)29(31(42)38-3)21-24-10-13-25-6-4-5-7-26(25)18-24/h4-7,10-15,18,23,28-30H,8-9,16-17,19-21,37H2,1-3H3,(H,38,42)(H,39,45)/t28-,29+,30+/m1/s1. The van der Waals surface area contributed by atoms with E-state index in [4.69, 9.17) is 5.73 Å². The summed E-state index contributed by atoms with van der Waals surface area (Å²) in [5.41, 5.74) is 6.39. The van der Waals surface area contributed by atoms with Crippen LogP contribution in [0.3, 0.4) is 0 Å². The number of fused-ring (bicyclic) bond motifs is 1. The lowest BCUT2D eigenvalue weighted by Crippen LogP contribution is -2.66. The maximum absolute atomic E-state index is 14.3. The molecule has 3 aromatic carbocycles. The van der Waals surface area contributed by atoms with E-state index in [1.54, 1.807) is 42.8 Å². The molecule has 0 unspecified atom stereocenters. The fourth-order valence-corrected chi connectivity index (χ4v) is 5.98. The van der Waals surface area contributed by atoms with Gasteiger partial charge < -0.3 is 26.2 Å². The van der Waals surface area contributed by atoms with Gasteiger partial charge in [-0.05, 0) is 60.2 Å². The Morgan fingerprint density at radius 1 is 0.956 bits per heavy atom. The molecule has 1 saturated heterocycles. The molecule has 3 atom stereocenters. The fraction of sp³-hybridized carbons (Fsp3) is 0.429. The topological polar surface area (TPSA) is 125 Å². The van der Waals surface area contributed by atoms with Crippen molar-refractivity contribution in [2.24, 2.45) is 11.7 Å². The predicted octanol–water partition coefficient (Wildman–Crippen LogP) is 2.94. The zero-order valence-corrected chi connectivity index (χ0v) is 26.1. The van der Waals surface area contributed by atoms with Crippen LogP contribution >= 0.6 is 0 Å². The number of piperazine rings is 1. The SMILES string of the molecule is CNC(=O)[C@H](Cc1ccc2ccccc2c1)N1CCN(C(=O)[C@@H](Cc2ccc(F)cc2)NC(=O)C(C)(C)N)[C@@H](CC2CC2)C1=O. The summed E-state index contributed by atoms with van der Waals surface area (Å²) in [6.07, 6.45) is 2.86. The van der Waals surface area contributed by atoms with Crippen LogP contribution < -0.4 is 16.4 Å². The third-order valence-electron chi connectivity index (χ3n) is 8.77. The summed E-state index contributed by atoms with van der Waals surface area (Å²) in [5.74, 6) is -1.56. The van der Waals surface area contributed by atoms with Gasteiger partial charge in [0.15, 0.2) is 0 Å². The molecule has 3 aromatic rings. The van der Waals surface area contributed by atoms with Gasteiger partial charge in [0.1, 0.15) is 23.9 Å². The van der Waals surface area contributed by atoms with Gasteiger partial charge in [-0.1, -0.05) is 67.4 Å². The Morgan fingerprint density at radius 2 is 1.62 bits per heavy atom. The Labute approximate surface area is 263 Å². The minimum atomic E-state index is -1.24. The molecule has 10 heteroatoms. The number of nitrogens with one attached hydrogen (secondary N) is 2. The first-order valence-corrected chi connectivity index (χ1v) is 15.6. The number of rotatable bonds is 11. The van der Waals surface area contributed by atoms with E-state index in [0.29, 0.717) is 24.3 Å². The number of nitrogens with zero attached hydrogens (tertiary/aromatic N) is 2. The van der Waals surface area contributed by atoms with E-state index in [1.165, 1.54) is 12.1 Å². The highest BCUT2D eigenvalue weighted by Crippen LogP contribution is 2.36. The summed E-state index contributed by atoms with van der Waals surface area (Å²) < 4.78 is 13.6. The fourth-order valence-electron chi connectivity index (χ4n) is 5.98. The molecule has 4 amide bonds. The van der Waals surface area contributed by atoms with Crippen molar-refractivity contribution in [3.8, 4) is 0 Å². The molecular weight excluding hydrogens is 573 g/mol. The minimum Gasteiger partial charge on any atom is -0.357 e. The quantitative estimate of drug-likeness (QED) is 0.306. The Morgan fingerprint density at radius 3 is 2.27 bits per heavy atom. The monoisotopic (exact) mass is 615 g/mol. The first-order valence-electron chi connectivity index (χ1n) is 15.6. The lowest BCUT2D eigenvalue weighted by molar-refractivity contribution is -0.157. The number of amides is 4. The molecule has 2 aliphatic rings. The van der Waals surface area contributed by atoms with Crippen LogP contribution in [0.2, 0.25) is 0 Å². The summed E-state index contributed by atoms with van der Waals surface area (Å²) in [5, 5.41) is 7.66. The second-order valence-corrected chi connectivity index (χ2v) is 12.9. The first kappa shape index (κ1) is 32.1. The second-order valence-electron chi connectivity index (χ2n) is 12.9. The van der Waals surface area contributed by atoms with Crippen LogP contribution in [0.5, 0.6) is 0 Å². The van der Waals surface area contributed by atoms with Crippen molar-refractivity contribution in [1.82, 2.24) is 20.4 Å². The van der Waals surface area contributed by atoms with Crippen LogP contribution in [0.1, 0.15) is 44.2 Å². The molecule has 0 bridgehead atoms. The summed E-state index contributed by atoms with van der Waals surface area (Å²) in [4.78, 5) is 57.9. The molecule has 4 N–H and O–H groups in total. The van der Waals surface area contributed by atoms with Gasteiger partial charge >= 0.3 is 0 Å².